The molecule has 2 heteroatoms. The van der Waals surface area contributed by atoms with Gasteiger partial charge in [0.1, 0.15) is 5.66 Å². The van der Waals surface area contributed by atoms with Crippen molar-refractivity contribution in [2.75, 3.05) is 0 Å². The van der Waals surface area contributed by atoms with Crippen LogP contribution in [0.4, 0.5) is 0 Å². The number of benzene rings is 1. The van der Waals surface area contributed by atoms with Crippen molar-refractivity contribution in [3.8, 4) is 0 Å². The first kappa shape index (κ1) is 13.3. The Morgan fingerprint density at radius 3 is 2.60 bits per heavy atom. The zero-order valence-corrected chi connectivity index (χ0v) is 12.8. The van der Waals surface area contributed by atoms with Crippen molar-refractivity contribution in [2.45, 2.75) is 45.3 Å². The van der Waals surface area contributed by atoms with Crippen LogP contribution in [0.3, 0.4) is 0 Å². The molecule has 1 aromatic carbocycles. The molecule has 0 saturated carbocycles. The lowest BCUT2D eigenvalue weighted by Gasteiger charge is -2.49. The lowest BCUT2D eigenvalue weighted by molar-refractivity contribution is 0.0480. The Balaban J connectivity index is 2.08. The minimum Gasteiger partial charge on any atom is -0.367 e. The van der Waals surface area contributed by atoms with Gasteiger partial charge < -0.3 is 10.2 Å². The first-order valence-electron chi connectivity index (χ1n) is 7.57. The van der Waals surface area contributed by atoms with E-state index < -0.39 is 0 Å². The summed E-state index contributed by atoms with van der Waals surface area (Å²) in [6.07, 6.45) is 8.94. The van der Waals surface area contributed by atoms with Gasteiger partial charge in [0, 0.05) is 24.4 Å². The molecule has 1 heterocycles. The summed E-state index contributed by atoms with van der Waals surface area (Å²) in [5, 5.41) is 3.68. The largest absolute Gasteiger partial charge is 0.367 e. The van der Waals surface area contributed by atoms with E-state index in [1.807, 2.05) is 0 Å². The second-order valence-corrected chi connectivity index (χ2v) is 6.41. The molecule has 0 amide bonds. The van der Waals surface area contributed by atoms with Gasteiger partial charge >= 0.3 is 0 Å². The highest BCUT2D eigenvalue weighted by molar-refractivity contribution is 5.63. The maximum Gasteiger partial charge on any atom is 0.123 e. The van der Waals surface area contributed by atoms with Crippen molar-refractivity contribution < 1.29 is 0 Å². The molecule has 0 bridgehead atoms. The quantitative estimate of drug-likeness (QED) is 0.893. The summed E-state index contributed by atoms with van der Waals surface area (Å²) < 4.78 is 0. The smallest absolute Gasteiger partial charge is 0.123 e. The molecule has 106 valence electrons. The third kappa shape index (κ3) is 1.71. The molecule has 1 aliphatic heterocycles. The molecule has 1 aromatic rings. The molecule has 2 unspecified atom stereocenters. The average molecular weight is 268 g/mol. The molecule has 1 N–H and O–H groups in total. The Labute approximate surface area is 122 Å². The van der Waals surface area contributed by atoms with E-state index in [2.05, 4.69) is 86.7 Å². The van der Waals surface area contributed by atoms with Crippen LogP contribution in [0.5, 0.6) is 0 Å². The van der Waals surface area contributed by atoms with Gasteiger partial charge in [-0.2, -0.15) is 0 Å². The van der Waals surface area contributed by atoms with Crippen molar-refractivity contribution in [2.24, 2.45) is 5.92 Å². The predicted octanol–water partition coefficient (Wildman–Crippen LogP) is 3.93. The summed E-state index contributed by atoms with van der Waals surface area (Å²) in [6.45, 7) is 9.15. The summed E-state index contributed by atoms with van der Waals surface area (Å²) in [4.78, 5) is 2.48. The van der Waals surface area contributed by atoms with Crippen molar-refractivity contribution >= 4 is 6.08 Å². The standard InChI is InChI=1S/C18H24N2/c1-13(2)18(19-11-12-20(18)14(3)4)17-10-9-15-7-5-6-8-16(15)17/h5-14,17,19H,1-4H3. The van der Waals surface area contributed by atoms with Gasteiger partial charge in [0.2, 0.25) is 0 Å². The first-order valence-corrected chi connectivity index (χ1v) is 7.57. The van der Waals surface area contributed by atoms with Crippen molar-refractivity contribution in [1.29, 1.82) is 0 Å². The minimum atomic E-state index is -0.0583. The molecule has 2 atom stereocenters. The average Bonchev–Trinajstić information content (AvgIpc) is 3.02. The van der Waals surface area contributed by atoms with Gasteiger partial charge in [0.05, 0.1) is 0 Å². The Kier molecular flexibility index (Phi) is 3.12. The normalized spacial score (nSPS) is 27.5. The Bertz CT molecular complexity index is 556. The molecular formula is C18H24N2. The van der Waals surface area contributed by atoms with Crippen LogP contribution in [0.15, 0.2) is 42.7 Å². The SMILES string of the molecule is CC(C)N1C=CNC1(C(C)C)C1C=Cc2ccccc21. The van der Waals surface area contributed by atoms with Crippen LogP contribution >= 0.6 is 0 Å². The highest BCUT2D eigenvalue weighted by Gasteiger charge is 2.49. The Morgan fingerprint density at radius 2 is 1.90 bits per heavy atom. The van der Waals surface area contributed by atoms with Gasteiger partial charge in [0.25, 0.3) is 0 Å². The number of hydrogen-bond donors (Lipinski definition) is 1. The molecule has 2 nitrogen and oxygen atoms in total. The van der Waals surface area contributed by atoms with Gasteiger partial charge in [0.15, 0.2) is 0 Å². The molecule has 20 heavy (non-hydrogen) atoms. The predicted molar refractivity (Wildman–Crippen MR) is 85.0 cm³/mol. The van der Waals surface area contributed by atoms with Gasteiger partial charge in [-0.05, 0) is 30.9 Å². The van der Waals surface area contributed by atoms with E-state index in [1.54, 1.807) is 0 Å². The zero-order chi connectivity index (χ0) is 14.3. The second-order valence-electron chi connectivity index (χ2n) is 6.41. The van der Waals surface area contributed by atoms with Crippen LogP contribution in [0.25, 0.3) is 6.08 Å². The molecule has 0 spiro atoms. The molecule has 0 aromatic heterocycles. The number of hydrogen-bond acceptors (Lipinski definition) is 2. The third-order valence-electron chi connectivity index (χ3n) is 4.69. The number of fused-ring (bicyclic) bond motifs is 1. The summed E-state index contributed by atoms with van der Waals surface area (Å²) in [6, 6.07) is 9.22. The molecule has 2 aliphatic rings. The van der Waals surface area contributed by atoms with Crippen LogP contribution < -0.4 is 5.32 Å². The second kappa shape index (κ2) is 4.69. The molecular weight excluding hydrogens is 244 g/mol. The van der Waals surface area contributed by atoms with E-state index in [4.69, 9.17) is 0 Å². The summed E-state index contributed by atoms with van der Waals surface area (Å²) in [7, 11) is 0. The highest BCUT2D eigenvalue weighted by atomic mass is 15.4. The van der Waals surface area contributed by atoms with Crippen LogP contribution in [0, 0.1) is 5.92 Å². The number of nitrogens with zero attached hydrogens (tertiary/aromatic N) is 1. The molecule has 3 rings (SSSR count). The van der Waals surface area contributed by atoms with Crippen molar-refractivity contribution in [1.82, 2.24) is 10.2 Å². The Morgan fingerprint density at radius 1 is 1.15 bits per heavy atom. The molecule has 0 saturated heterocycles. The topological polar surface area (TPSA) is 15.3 Å². The fourth-order valence-corrected chi connectivity index (χ4v) is 3.76. The van der Waals surface area contributed by atoms with Gasteiger partial charge in [-0.15, -0.1) is 0 Å². The lowest BCUT2D eigenvalue weighted by Crippen LogP contribution is -2.60. The van der Waals surface area contributed by atoms with Crippen LogP contribution in [0.2, 0.25) is 0 Å². The van der Waals surface area contributed by atoms with Crippen LogP contribution in [-0.4, -0.2) is 16.6 Å². The molecule has 1 aliphatic carbocycles. The fraction of sp³-hybridized carbons (Fsp3) is 0.444. The third-order valence-corrected chi connectivity index (χ3v) is 4.69. The van der Waals surface area contributed by atoms with Gasteiger partial charge in [-0.25, -0.2) is 0 Å². The fourth-order valence-electron chi connectivity index (χ4n) is 3.76. The van der Waals surface area contributed by atoms with E-state index in [1.165, 1.54) is 11.1 Å². The zero-order valence-electron chi connectivity index (χ0n) is 12.8. The Hall–Kier alpha value is -1.70. The first-order chi connectivity index (χ1) is 9.57. The summed E-state index contributed by atoms with van der Waals surface area (Å²) >= 11 is 0. The highest BCUT2D eigenvalue weighted by Crippen LogP contribution is 2.45. The maximum atomic E-state index is 3.68. The van der Waals surface area contributed by atoms with E-state index in [0.717, 1.165) is 0 Å². The van der Waals surface area contributed by atoms with Crippen molar-refractivity contribution in [3.05, 3.63) is 53.9 Å². The summed E-state index contributed by atoms with van der Waals surface area (Å²) in [5.74, 6) is 0.886. The monoisotopic (exact) mass is 268 g/mol. The van der Waals surface area contributed by atoms with E-state index in [-0.39, 0.29) is 5.66 Å². The summed E-state index contributed by atoms with van der Waals surface area (Å²) in [5.41, 5.74) is 2.73. The van der Waals surface area contributed by atoms with Crippen LogP contribution in [-0.2, 0) is 0 Å². The lowest BCUT2D eigenvalue weighted by atomic mass is 9.78. The molecule has 0 radical (unpaired) electrons. The van der Waals surface area contributed by atoms with E-state index in [9.17, 15) is 0 Å². The minimum absolute atomic E-state index is 0.0583. The maximum absolute atomic E-state index is 3.68. The van der Waals surface area contributed by atoms with E-state index >= 15 is 0 Å². The van der Waals surface area contributed by atoms with Gasteiger partial charge in [-0.1, -0.05) is 50.3 Å². The number of rotatable bonds is 3. The van der Waals surface area contributed by atoms with E-state index in [0.29, 0.717) is 17.9 Å². The van der Waals surface area contributed by atoms with Gasteiger partial charge in [-0.3, -0.25) is 0 Å². The molecule has 0 fully saturated rings. The van der Waals surface area contributed by atoms with Crippen molar-refractivity contribution in [3.63, 3.8) is 0 Å². The number of nitrogens with one attached hydrogen (secondary N) is 1. The van der Waals surface area contributed by atoms with Crippen LogP contribution in [0.1, 0.15) is 44.7 Å².